The fourth-order valence-corrected chi connectivity index (χ4v) is 2.31. The molecule has 0 unspecified atom stereocenters. The minimum absolute atomic E-state index is 0.466. The Morgan fingerprint density at radius 2 is 1.82 bits per heavy atom. The van der Waals surface area contributed by atoms with Gasteiger partial charge in [-0.05, 0) is 33.7 Å². The van der Waals surface area contributed by atoms with Crippen molar-refractivity contribution in [1.82, 2.24) is 9.97 Å². The van der Waals surface area contributed by atoms with E-state index in [-0.39, 0.29) is 0 Å². The summed E-state index contributed by atoms with van der Waals surface area (Å²) >= 11 is 3.39. The summed E-state index contributed by atoms with van der Waals surface area (Å²) in [6.07, 6.45) is 1.47. The second kappa shape index (κ2) is 6.19. The molecule has 0 atom stereocenters. The summed E-state index contributed by atoms with van der Waals surface area (Å²) in [6, 6.07) is 0. The minimum atomic E-state index is 0.466. The van der Waals surface area contributed by atoms with E-state index in [0.717, 1.165) is 16.8 Å². The van der Waals surface area contributed by atoms with Crippen LogP contribution in [0.4, 0.5) is 11.6 Å². The van der Waals surface area contributed by atoms with Crippen molar-refractivity contribution in [2.75, 3.05) is 17.6 Å². The van der Waals surface area contributed by atoms with Crippen molar-refractivity contribution in [2.45, 2.75) is 27.7 Å². The Morgan fingerprint density at radius 1 is 1.24 bits per heavy atom. The van der Waals surface area contributed by atoms with E-state index >= 15 is 0 Å². The van der Waals surface area contributed by atoms with Crippen LogP contribution in [0.3, 0.4) is 0 Å². The van der Waals surface area contributed by atoms with Gasteiger partial charge in [0.15, 0.2) is 0 Å². The van der Waals surface area contributed by atoms with Gasteiger partial charge >= 0.3 is 0 Å². The highest BCUT2D eigenvalue weighted by atomic mass is 79.9. The SMILES string of the molecule is CC(C)C(CNc1ncnc(N)c1Br)C(C)C. The molecule has 0 aliphatic carbocycles. The number of nitrogens with zero attached hydrogens (tertiary/aromatic N) is 2. The molecule has 0 fully saturated rings. The third-order valence-electron chi connectivity index (χ3n) is 3.03. The number of halogens is 1. The van der Waals surface area contributed by atoms with Crippen molar-refractivity contribution in [3.05, 3.63) is 10.8 Å². The number of anilines is 2. The molecule has 96 valence electrons. The number of rotatable bonds is 5. The first-order valence-electron chi connectivity index (χ1n) is 5.93. The molecule has 5 heteroatoms. The van der Waals surface area contributed by atoms with Crippen LogP contribution in [-0.2, 0) is 0 Å². The van der Waals surface area contributed by atoms with Crippen molar-refractivity contribution in [2.24, 2.45) is 17.8 Å². The van der Waals surface area contributed by atoms with E-state index < -0.39 is 0 Å². The highest BCUT2D eigenvalue weighted by Gasteiger charge is 2.18. The molecule has 1 aromatic heterocycles. The highest BCUT2D eigenvalue weighted by Crippen LogP contribution is 2.26. The van der Waals surface area contributed by atoms with Gasteiger partial charge in [0.05, 0.1) is 0 Å². The molecule has 0 aromatic carbocycles. The Morgan fingerprint density at radius 3 is 2.35 bits per heavy atom. The molecule has 0 bridgehead atoms. The number of aromatic nitrogens is 2. The van der Waals surface area contributed by atoms with Gasteiger partial charge in [0, 0.05) is 6.54 Å². The van der Waals surface area contributed by atoms with Gasteiger partial charge in [-0.15, -0.1) is 0 Å². The van der Waals surface area contributed by atoms with Crippen LogP contribution >= 0.6 is 15.9 Å². The van der Waals surface area contributed by atoms with Crippen LogP contribution in [-0.4, -0.2) is 16.5 Å². The largest absolute Gasteiger partial charge is 0.383 e. The molecule has 0 amide bonds. The van der Waals surface area contributed by atoms with Crippen molar-refractivity contribution in [1.29, 1.82) is 0 Å². The molecule has 3 N–H and O–H groups in total. The monoisotopic (exact) mass is 300 g/mol. The molecular formula is C12H21BrN4. The molecule has 0 saturated heterocycles. The van der Waals surface area contributed by atoms with Gasteiger partial charge in [0.1, 0.15) is 22.4 Å². The van der Waals surface area contributed by atoms with Crippen LogP contribution in [0, 0.1) is 17.8 Å². The summed E-state index contributed by atoms with van der Waals surface area (Å²) < 4.78 is 0.742. The predicted octanol–water partition coefficient (Wildman–Crippen LogP) is 3.16. The van der Waals surface area contributed by atoms with Gasteiger partial charge in [0.25, 0.3) is 0 Å². The maximum atomic E-state index is 5.71. The highest BCUT2D eigenvalue weighted by molar-refractivity contribution is 9.10. The third-order valence-corrected chi connectivity index (χ3v) is 3.82. The topological polar surface area (TPSA) is 63.8 Å². The number of hydrogen-bond acceptors (Lipinski definition) is 4. The first kappa shape index (κ1) is 14.2. The van der Waals surface area contributed by atoms with Crippen LogP contribution in [0.1, 0.15) is 27.7 Å². The lowest BCUT2D eigenvalue weighted by atomic mass is 9.85. The van der Waals surface area contributed by atoms with Gasteiger partial charge in [-0.1, -0.05) is 27.7 Å². The minimum Gasteiger partial charge on any atom is -0.383 e. The smallest absolute Gasteiger partial charge is 0.145 e. The lowest BCUT2D eigenvalue weighted by Gasteiger charge is -2.25. The Labute approximate surface area is 112 Å². The summed E-state index contributed by atoms with van der Waals surface area (Å²) in [7, 11) is 0. The average molecular weight is 301 g/mol. The van der Waals surface area contributed by atoms with Crippen LogP contribution < -0.4 is 11.1 Å². The van der Waals surface area contributed by atoms with E-state index in [0.29, 0.717) is 23.6 Å². The molecule has 1 aromatic rings. The summed E-state index contributed by atoms with van der Waals surface area (Å²) in [5, 5.41) is 3.34. The molecule has 17 heavy (non-hydrogen) atoms. The van der Waals surface area contributed by atoms with Crippen LogP contribution in [0.15, 0.2) is 10.8 Å². The van der Waals surface area contributed by atoms with Crippen molar-refractivity contribution in [3.8, 4) is 0 Å². The Bertz CT molecular complexity index is 358. The lowest BCUT2D eigenvalue weighted by molar-refractivity contribution is 0.304. The average Bonchev–Trinajstić information content (AvgIpc) is 2.23. The molecule has 1 heterocycles. The predicted molar refractivity (Wildman–Crippen MR) is 75.8 cm³/mol. The quantitative estimate of drug-likeness (QED) is 0.877. The first-order chi connectivity index (χ1) is 7.93. The van der Waals surface area contributed by atoms with Gasteiger partial charge in [-0.2, -0.15) is 0 Å². The van der Waals surface area contributed by atoms with Gasteiger partial charge < -0.3 is 11.1 Å². The number of nitrogen functional groups attached to an aromatic ring is 1. The Balaban J connectivity index is 2.69. The normalized spacial score (nSPS) is 11.5. The van der Waals surface area contributed by atoms with Gasteiger partial charge in [-0.25, -0.2) is 9.97 Å². The van der Waals surface area contributed by atoms with E-state index in [9.17, 15) is 0 Å². The summed E-state index contributed by atoms with van der Waals surface area (Å²) in [5.41, 5.74) is 5.71. The summed E-state index contributed by atoms with van der Waals surface area (Å²) in [5.74, 6) is 3.12. The van der Waals surface area contributed by atoms with E-state index in [1.165, 1.54) is 6.33 Å². The second-order valence-electron chi connectivity index (χ2n) is 4.95. The van der Waals surface area contributed by atoms with Crippen LogP contribution in [0.5, 0.6) is 0 Å². The molecule has 0 aliphatic heterocycles. The van der Waals surface area contributed by atoms with Crippen molar-refractivity contribution >= 4 is 27.6 Å². The van der Waals surface area contributed by atoms with Crippen molar-refractivity contribution < 1.29 is 0 Å². The molecule has 4 nitrogen and oxygen atoms in total. The first-order valence-corrected chi connectivity index (χ1v) is 6.72. The second-order valence-corrected chi connectivity index (χ2v) is 5.75. The molecule has 0 saturated carbocycles. The zero-order chi connectivity index (χ0) is 13.0. The van der Waals surface area contributed by atoms with E-state index in [2.05, 4.69) is 58.9 Å². The standard InChI is InChI=1S/C12H21BrN4/c1-7(2)9(8(3)4)5-15-12-10(13)11(14)16-6-17-12/h6-9H,5H2,1-4H3,(H3,14,15,16,17). The van der Waals surface area contributed by atoms with Crippen LogP contribution in [0.2, 0.25) is 0 Å². The maximum Gasteiger partial charge on any atom is 0.145 e. The lowest BCUT2D eigenvalue weighted by Crippen LogP contribution is -2.25. The number of nitrogens with two attached hydrogens (primary N) is 1. The van der Waals surface area contributed by atoms with E-state index in [1.54, 1.807) is 0 Å². The number of nitrogens with one attached hydrogen (secondary N) is 1. The zero-order valence-corrected chi connectivity index (χ0v) is 12.5. The number of hydrogen-bond donors (Lipinski definition) is 2. The Hall–Kier alpha value is -0.840. The molecular weight excluding hydrogens is 280 g/mol. The summed E-state index contributed by atoms with van der Waals surface area (Å²) in [6.45, 7) is 9.88. The van der Waals surface area contributed by atoms with Crippen LogP contribution in [0.25, 0.3) is 0 Å². The van der Waals surface area contributed by atoms with Crippen molar-refractivity contribution in [3.63, 3.8) is 0 Å². The Kier molecular flexibility index (Phi) is 5.18. The molecule has 0 spiro atoms. The third kappa shape index (κ3) is 3.84. The summed E-state index contributed by atoms with van der Waals surface area (Å²) in [4.78, 5) is 8.10. The zero-order valence-electron chi connectivity index (χ0n) is 10.9. The fourth-order valence-electron chi connectivity index (χ4n) is 1.96. The maximum absolute atomic E-state index is 5.71. The fraction of sp³-hybridized carbons (Fsp3) is 0.667. The molecule has 0 radical (unpaired) electrons. The van der Waals surface area contributed by atoms with Gasteiger partial charge in [0.2, 0.25) is 0 Å². The van der Waals surface area contributed by atoms with E-state index in [4.69, 9.17) is 5.73 Å². The molecule has 1 rings (SSSR count). The molecule has 0 aliphatic rings. The van der Waals surface area contributed by atoms with E-state index in [1.807, 2.05) is 0 Å². The van der Waals surface area contributed by atoms with Gasteiger partial charge in [-0.3, -0.25) is 0 Å².